The van der Waals surface area contributed by atoms with Gasteiger partial charge in [-0.2, -0.15) is 0 Å². The number of hydrogen-bond donors (Lipinski definition) is 3. The molecule has 0 aliphatic carbocycles. The number of nitrogen functional groups attached to an aromatic ring is 1. The van der Waals surface area contributed by atoms with E-state index in [1.807, 2.05) is 6.92 Å². The Kier molecular flexibility index (Phi) is 11.9. The highest BCUT2D eigenvalue weighted by Gasteiger charge is 2.13. The molecule has 0 atom stereocenters. The summed E-state index contributed by atoms with van der Waals surface area (Å²) >= 11 is 6.37. The van der Waals surface area contributed by atoms with Crippen LogP contribution in [0, 0.1) is 0 Å². The summed E-state index contributed by atoms with van der Waals surface area (Å²) in [5.74, 6) is 2.16. The Bertz CT molecular complexity index is 812. The Labute approximate surface area is 192 Å². The molecule has 2 rings (SSSR count). The van der Waals surface area contributed by atoms with Crippen molar-refractivity contribution in [2.75, 3.05) is 40.8 Å². The number of hydrogen-bond acceptors (Lipinski definition) is 10. The van der Waals surface area contributed by atoms with Gasteiger partial charge in [0, 0.05) is 27.8 Å². The molecule has 0 fully saturated rings. The summed E-state index contributed by atoms with van der Waals surface area (Å²) in [6.45, 7) is 2.16. The molecule has 0 spiro atoms. The van der Waals surface area contributed by atoms with Gasteiger partial charge in [-0.3, -0.25) is 0 Å². The van der Waals surface area contributed by atoms with Crippen LogP contribution in [0.15, 0.2) is 29.2 Å². The van der Waals surface area contributed by atoms with E-state index in [0.29, 0.717) is 50.8 Å². The summed E-state index contributed by atoms with van der Waals surface area (Å²) < 4.78 is 26.2. The Balaban J connectivity index is 0.000000327. The molecule has 10 heteroatoms. The predicted molar refractivity (Wildman–Crippen MR) is 125 cm³/mol. The number of anilines is 1. The highest BCUT2D eigenvalue weighted by molar-refractivity contribution is 8.22. The maximum absolute atomic E-state index is 9.32. The van der Waals surface area contributed by atoms with Crippen LogP contribution in [0.25, 0.3) is 0 Å². The standard InChI is InChI=1S/C12H16O4S2.C9H13NO3/c1-4-16-12(17)18-9-5-8(7-13)11(15-3)10(6-9)14-2;1-12-8-4-7(10)3-6(5-11)9(8)13-2/h5-6,13H,4,7H2,1-3H3;3-4,11H,5,10H2,1-2H3. The second-order valence-electron chi connectivity index (χ2n) is 5.83. The van der Waals surface area contributed by atoms with Crippen LogP contribution >= 0.6 is 24.0 Å². The summed E-state index contributed by atoms with van der Waals surface area (Å²) in [6, 6.07) is 6.91. The van der Waals surface area contributed by atoms with Crippen LogP contribution in [0.2, 0.25) is 0 Å². The van der Waals surface area contributed by atoms with Gasteiger partial charge in [0.1, 0.15) is 0 Å². The molecule has 0 aliphatic rings. The number of aliphatic hydroxyl groups excluding tert-OH is 2. The molecule has 2 aromatic rings. The van der Waals surface area contributed by atoms with Crippen molar-refractivity contribution in [3.8, 4) is 23.0 Å². The summed E-state index contributed by atoms with van der Waals surface area (Å²) in [4.78, 5) is 0.843. The normalized spacial score (nSPS) is 9.90. The van der Waals surface area contributed by atoms with Gasteiger partial charge in [0.25, 0.3) is 0 Å². The van der Waals surface area contributed by atoms with Crippen LogP contribution in [0.5, 0.6) is 23.0 Å². The van der Waals surface area contributed by atoms with Gasteiger partial charge < -0.3 is 39.6 Å². The van der Waals surface area contributed by atoms with Crippen molar-refractivity contribution in [1.29, 1.82) is 0 Å². The molecule has 0 saturated carbocycles. The first-order valence-electron chi connectivity index (χ1n) is 9.20. The Morgan fingerprint density at radius 3 is 1.84 bits per heavy atom. The van der Waals surface area contributed by atoms with Gasteiger partial charge in [-0.15, -0.1) is 0 Å². The van der Waals surface area contributed by atoms with Gasteiger partial charge in [-0.05, 0) is 49.1 Å². The predicted octanol–water partition coefficient (Wildman–Crippen LogP) is 3.39. The minimum atomic E-state index is -0.130. The van der Waals surface area contributed by atoms with Crippen molar-refractivity contribution < 1.29 is 33.9 Å². The van der Waals surface area contributed by atoms with Crippen LogP contribution in [0.1, 0.15) is 18.1 Å². The molecular formula is C21H29NO7S2. The molecule has 0 radical (unpaired) electrons. The third kappa shape index (κ3) is 7.66. The monoisotopic (exact) mass is 471 g/mol. The van der Waals surface area contributed by atoms with E-state index < -0.39 is 0 Å². The average Bonchev–Trinajstić information content (AvgIpc) is 2.77. The largest absolute Gasteiger partial charge is 0.493 e. The third-order valence-corrected chi connectivity index (χ3v) is 5.04. The first kappa shape index (κ1) is 26.6. The van der Waals surface area contributed by atoms with Gasteiger partial charge in [0.05, 0.1) is 48.3 Å². The van der Waals surface area contributed by atoms with E-state index in [1.165, 1.54) is 33.1 Å². The van der Waals surface area contributed by atoms with Crippen LogP contribution in [-0.2, 0) is 18.0 Å². The molecule has 0 heterocycles. The molecule has 0 aliphatic heterocycles. The maximum Gasteiger partial charge on any atom is 0.224 e. The third-order valence-electron chi connectivity index (χ3n) is 3.91. The molecule has 4 N–H and O–H groups in total. The molecule has 0 unspecified atom stereocenters. The summed E-state index contributed by atoms with van der Waals surface area (Å²) in [7, 11) is 6.13. The highest BCUT2D eigenvalue weighted by Crippen LogP contribution is 2.36. The molecular weight excluding hydrogens is 442 g/mol. The number of benzene rings is 2. The Morgan fingerprint density at radius 2 is 1.39 bits per heavy atom. The van der Waals surface area contributed by atoms with E-state index >= 15 is 0 Å². The van der Waals surface area contributed by atoms with E-state index in [4.69, 9.17) is 46.7 Å². The molecule has 172 valence electrons. The van der Waals surface area contributed by atoms with Gasteiger partial charge in [0.2, 0.25) is 4.38 Å². The van der Waals surface area contributed by atoms with Crippen molar-refractivity contribution in [3.05, 3.63) is 35.4 Å². The second kappa shape index (κ2) is 13.8. The lowest BCUT2D eigenvalue weighted by Gasteiger charge is -2.13. The molecule has 8 nitrogen and oxygen atoms in total. The lowest BCUT2D eigenvalue weighted by atomic mass is 10.1. The van der Waals surface area contributed by atoms with Gasteiger partial charge in [-0.1, -0.05) is 0 Å². The zero-order valence-electron chi connectivity index (χ0n) is 18.3. The van der Waals surface area contributed by atoms with E-state index in [-0.39, 0.29) is 13.2 Å². The molecule has 31 heavy (non-hydrogen) atoms. The van der Waals surface area contributed by atoms with Gasteiger partial charge in [0.15, 0.2) is 23.0 Å². The lowest BCUT2D eigenvalue weighted by molar-refractivity contribution is 0.269. The SMILES string of the molecule is CCOC(=S)Sc1cc(CO)c(OC)c(OC)c1.COc1cc(N)cc(CO)c1OC. The van der Waals surface area contributed by atoms with Crippen molar-refractivity contribution in [2.45, 2.75) is 25.0 Å². The van der Waals surface area contributed by atoms with Crippen LogP contribution in [0.3, 0.4) is 0 Å². The number of nitrogens with two attached hydrogens (primary N) is 1. The summed E-state index contributed by atoms with van der Waals surface area (Å²) in [5.41, 5.74) is 7.41. The lowest BCUT2D eigenvalue weighted by Crippen LogP contribution is -1.99. The fourth-order valence-corrected chi connectivity index (χ4v) is 3.76. The van der Waals surface area contributed by atoms with Gasteiger partial charge in [-0.25, -0.2) is 0 Å². The van der Waals surface area contributed by atoms with E-state index in [1.54, 1.807) is 31.4 Å². The summed E-state index contributed by atoms with van der Waals surface area (Å²) in [5, 5.41) is 18.3. The number of thiocarbonyl (C=S) groups is 1. The zero-order chi connectivity index (χ0) is 23.4. The first-order chi connectivity index (χ1) is 14.9. The minimum Gasteiger partial charge on any atom is -0.493 e. The van der Waals surface area contributed by atoms with Crippen LogP contribution in [-0.4, -0.2) is 49.6 Å². The Hall–Kier alpha value is -2.40. The first-order valence-corrected chi connectivity index (χ1v) is 10.4. The van der Waals surface area contributed by atoms with Crippen molar-refractivity contribution >= 4 is 34.0 Å². The topological polar surface area (TPSA) is 113 Å². The zero-order valence-corrected chi connectivity index (χ0v) is 19.9. The van der Waals surface area contributed by atoms with Crippen LogP contribution in [0.4, 0.5) is 5.69 Å². The van der Waals surface area contributed by atoms with Gasteiger partial charge >= 0.3 is 0 Å². The number of rotatable bonds is 8. The molecule has 0 aromatic heterocycles. The number of aliphatic hydroxyl groups is 2. The van der Waals surface area contributed by atoms with Crippen molar-refractivity contribution in [2.24, 2.45) is 0 Å². The number of thioether (sulfide) groups is 1. The second-order valence-corrected chi connectivity index (χ2v) is 7.51. The summed E-state index contributed by atoms with van der Waals surface area (Å²) in [6.07, 6.45) is 0. The fraction of sp³-hybridized carbons (Fsp3) is 0.381. The molecule has 0 bridgehead atoms. The number of ether oxygens (including phenoxy) is 5. The average molecular weight is 472 g/mol. The van der Waals surface area contributed by atoms with E-state index in [0.717, 1.165) is 4.90 Å². The Morgan fingerprint density at radius 1 is 0.871 bits per heavy atom. The quantitative estimate of drug-likeness (QED) is 0.301. The highest BCUT2D eigenvalue weighted by atomic mass is 32.2. The molecule has 0 amide bonds. The fourth-order valence-electron chi connectivity index (χ4n) is 2.62. The van der Waals surface area contributed by atoms with Crippen molar-refractivity contribution in [1.82, 2.24) is 0 Å². The maximum atomic E-state index is 9.32. The smallest absolute Gasteiger partial charge is 0.224 e. The van der Waals surface area contributed by atoms with E-state index in [9.17, 15) is 5.11 Å². The molecule has 2 aromatic carbocycles. The van der Waals surface area contributed by atoms with E-state index in [2.05, 4.69) is 0 Å². The van der Waals surface area contributed by atoms with Crippen molar-refractivity contribution in [3.63, 3.8) is 0 Å². The minimum absolute atomic E-state index is 0.120. The molecule has 0 saturated heterocycles. The van der Waals surface area contributed by atoms with Crippen LogP contribution < -0.4 is 24.7 Å². The number of methoxy groups -OCH3 is 4.